The first kappa shape index (κ1) is 21.5. The van der Waals surface area contributed by atoms with Crippen LogP contribution in [0.2, 0.25) is 0 Å². The summed E-state index contributed by atoms with van der Waals surface area (Å²) in [6, 6.07) is 9.54. The number of anilines is 1. The first-order chi connectivity index (χ1) is 13.3. The van der Waals surface area contributed by atoms with Gasteiger partial charge in [0, 0.05) is 18.8 Å². The highest BCUT2D eigenvalue weighted by Gasteiger charge is 2.18. The van der Waals surface area contributed by atoms with Gasteiger partial charge in [-0.25, -0.2) is 17.9 Å². The lowest BCUT2D eigenvalue weighted by Crippen LogP contribution is -2.23. The number of sulfonamides is 1. The minimum Gasteiger partial charge on any atom is -0.493 e. The van der Waals surface area contributed by atoms with Gasteiger partial charge in [-0.1, -0.05) is 13.0 Å². The fourth-order valence-corrected chi connectivity index (χ4v) is 3.74. The second kappa shape index (κ2) is 9.43. The number of hydrogen-bond donors (Lipinski definition) is 3. The summed E-state index contributed by atoms with van der Waals surface area (Å²) in [5.74, 6) is 0.0382. The average Bonchev–Trinajstić information content (AvgIpc) is 2.67. The smallest absolute Gasteiger partial charge is 0.337 e. The van der Waals surface area contributed by atoms with Gasteiger partial charge in [0.05, 0.1) is 24.7 Å². The number of ether oxygens (including phenoxy) is 2. The van der Waals surface area contributed by atoms with Crippen LogP contribution in [-0.4, -0.2) is 46.8 Å². The standard InChI is InChI=1S/C19H24N2O6S/c1-4-21-28(24,25)14-6-7-16(15(12-14)19(22)23)20-10-9-13-5-8-17(26-2)18(11-13)27-3/h5-8,11-12,20-21H,4,9-10H2,1-3H3,(H,22,23). The summed E-state index contributed by atoms with van der Waals surface area (Å²) in [4.78, 5) is 11.5. The Balaban J connectivity index is 2.15. The van der Waals surface area contributed by atoms with Crippen LogP contribution in [0.3, 0.4) is 0 Å². The molecule has 0 atom stereocenters. The maximum atomic E-state index is 12.1. The molecule has 0 saturated carbocycles. The van der Waals surface area contributed by atoms with Crippen molar-refractivity contribution in [1.29, 1.82) is 0 Å². The lowest BCUT2D eigenvalue weighted by Gasteiger charge is -2.13. The molecule has 0 aliphatic heterocycles. The first-order valence-electron chi connectivity index (χ1n) is 8.64. The summed E-state index contributed by atoms with van der Waals surface area (Å²) < 4.78 is 37.0. The molecule has 8 nitrogen and oxygen atoms in total. The lowest BCUT2D eigenvalue weighted by molar-refractivity contribution is 0.0697. The van der Waals surface area contributed by atoms with E-state index in [1.165, 1.54) is 12.1 Å². The Morgan fingerprint density at radius 1 is 1.07 bits per heavy atom. The lowest BCUT2D eigenvalue weighted by atomic mass is 10.1. The highest BCUT2D eigenvalue weighted by Crippen LogP contribution is 2.28. The molecule has 9 heteroatoms. The molecule has 28 heavy (non-hydrogen) atoms. The maximum Gasteiger partial charge on any atom is 0.337 e. The molecule has 2 aromatic rings. The van der Waals surface area contributed by atoms with Crippen LogP contribution >= 0.6 is 0 Å². The molecular formula is C19H24N2O6S. The van der Waals surface area contributed by atoms with E-state index < -0.39 is 16.0 Å². The van der Waals surface area contributed by atoms with E-state index in [0.29, 0.717) is 30.2 Å². The van der Waals surface area contributed by atoms with Gasteiger partial charge in [0.15, 0.2) is 11.5 Å². The average molecular weight is 408 g/mol. The van der Waals surface area contributed by atoms with E-state index in [0.717, 1.165) is 11.6 Å². The van der Waals surface area contributed by atoms with Crippen molar-refractivity contribution < 1.29 is 27.8 Å². The molecule has 0 amide bonds. The second-order valence-corrected chi connectivity index (χ2v) is 7.65. The van der Waals surface area contributed by atoms with Crippen molar-refractivity contribution in [3.05, 3.63) is 47.5 Å². The van der Waals surface area contributed by atoms with Crippen molar-refractivity contribution >= 4 is 21.7 Å². The summed E-state index contributed by atoms with van der Waals surface area (Å²) >= 11 is 0. The molecule has 0 aromatic heterocycles. The van der Waals surface area contributed by atoms with E-state index in [2.05, 4.69) is 10.0 Å². The van der Waals surface area contributed by atoms with Crippen molar-refractivity contribution in [2.24, 2.45) is 0 Å². The fourth-order valence-electron chi connectivity index (χ4n) is 2.67. The topological polar surface area (TPSA) is 114 Å². The Morgan fingerprint density at radius 3 is 2.39 bits per heavy atom. The van der Waals surface area contributed by atoms with Crippen molar-refractivity contribution in [2.75, 3.05) is 32.6 Å². The number of nitrogens with one attached hydrogen (secondary N) is 2. The van der Waals surface area contributed by atoms with Gasteiger partial charge in [-0.15, -0.1) is 0 Å². The second-order valence-electron chi connectivity index (χ2n) is 5.88. The normalized spacial score (nSPS) is 11.1. The highest BCUT2D eigenvalue weighted by molar-refractivity contribution is 7.89. The highest BCUT2D eigenvalue weighted by atomic mass is 32.2. The van der Waals surface area contributed by atoms with Crippen LogP contribution in [0.1, 0.15) is 22.8 Å². The predicted octanol–water partition coefficient (Wildman–Crippen LogP) is 2.35. The van der Waals surface area contributed by atoms with Crippen LogP contribution in [0.4, 0.5) is 5.69 Å². The number of aromatic carboxylic acids is 1. The molecule has 0 saturated heterocycles. The minimum atomic E-state index is -3.73. The van der Waals surface area contributed by atoms with E-state index in [4.69, 9.17) is 9.47 Å². The van der Waals surface area contributed by atoms with E-state index in [1.807, 2.05) is 12.1 Å². The van der Waals surface area contributed by atoms with Gasteiger partial charge in [-0.3, -0.25) is 0 Å². The number of carbonyl (C=O) groups is 1. The monoisotopic (exact) mass is 408 g/mol. The van der Waals surface area contributed by atoms with Crippen LogP contribution in [-0.2, 0) is 16.4 Å². The largest absolute Gasteiger partial charge is 0.493 e. The van der Waals surface area contributed by atoms with Crippen molar-refractivity contribution in [2.45, 2.75) is 18.2 Å². The third-order valence-electron chi connectivity index (χ3n) is 4.04. The third kappa shape index (κ3) is 5.14. The maximum absolute atomic E-state index is 12.1. The molecule has 152 valence electrons. The SMILES string of the molecule is CCNS(=O)(=O)c1ccc(NCCc2ccc(OC)c(OC)c2)c(C(=O)O)c1. The summed E-state index contributed by atoms with van der Waals surface area (Å²) in [6.07, 6.45) is 0.608. The van der Waals surface area contributed by atoms with E-state index in [-0.39, 0.29) is 17.0 Å². The van der Waals surface area contributed by atoms with E-state index >= 15 is 0 Å². The Morgan fingerprint density at radius 2 is 1.79 bits per heavy atom. The molecule has 0 spiro atoms. The molecule has 2 rings (SSSR count). The molecule has 0 aliphatic carbocycles. The van der Waals surface area contributed by atoms with E-state index in [9.17, 15) is 18.3 Å². The number of carboxylic acid groups (broad SMARTS) is 1. The van der Waals surface area contributed by atoms with Crippen LogP contribution < -0.4 is 19.5 Å². The van der Waals surface area contributed by atoms with E-state index in [1.54, 1.807) is 27.2 Å². The quantitative estimate of drug-likeness (QED) is 0.553. The predicted molar refractivity (Wildman–Crippen MR) is 106 cm³/mol. The third-order valence-corrected chi connectivity index (χ3v) is 5.59. The van der Waals surface area contributed by atoms with Gasteiger partial charge in [-0.05, 0) is 42.3 Å². The van der Waals surface area contributed by atoms with Gasteiger partial charge in [0.2, 0.25) is 10.0 Å². The Kier molecular flexibility index (Phi) is 7.24. The van der Waals surface area contributed by atoms with Crippen LogP contribution in [0.25, 0.3) is 0 Å². The molecule has 0 radical (unpaired) electrons. The molecule has 0 aliphatic rings. The summed E-state index contributed by atoms with van der Waals surface area (Å²) in [6.45, 7) is 2.32. The Bertz CT molecular complexity index is 943. The van der Waals surface area contributed by atoms with Gasteiger partial charge >= 0.3 is 5.97 Å². The first-order valence-corrected chi connectivity index (χ1v) is 10.1. The molecule has 0 unspecified atom stereocenters. The number of rotatable bonds is 10. The summed E-state index contributed by atoms with van der Waals surface area (Å²) in [7, 11) is -0.608. The zero-order valence-corrected chi connectivity index (χ0v) is 16.8. The molecular weight excluding hydrogens is 384 g/mol. The van der Waals surface area contributed by atoms with Crippen LogP contribution in [0, 0.1) is 0 Å². The van der Waals surface area contributed by atoms with Crippen molar-refractivity contribution in [3.8, 4) is 11.5 Å². The molecule has 0 heterocycles. The van der Waals surface area contributed by atoms with Crippen LogP contribution in [0.5, 0.6) is 11.5 Å². The van der Waals surface area contributed by atoms with Gasteiger partial charge < -0.3 is 19.9 Å². The fraction of sp³-hybridized carbons (Fsp3) is 0.316. The molecule has 0 bridgehead atoms. The summed E-state index contributed by atoms with van der Waals surface area (Å²) in [5, 5.41) is 12.5. The number of hydrogen-bond acceptors (Lipinski definition) is 6. The number of carboxylic acids is 1. The zero-order valence-electron chi connectivity index (χ0n) is 16.0. The number of benzene rings is 2. The van der Waals surface area contributed by atoms with Crippen LogP contribution in [0.15, 0.2) is 41.3 Å². The van der Waals surface area contributed by atoms with Gasteiger partial charge in [-0.2, -0.15) is 0 Å². The molecule has 0 fully saturated rings. The Labute approximate surface area is 164 Å². The Hall–Kier alpha value is -2.78. The van der Waals surface area contributed by atoms with Gasteiger partial charge in [0.1, 0.15) is 0 Å². The van der Waals surface area contributed by atoms with Crippen molar-refractivity contribution in [3.63, 3.8) is 0 Å². The zero-order chi connectivity index (χ0) is 20.7. The van der Waals surface area contributed by atoms with Gasteiger partial charge in [0.25, 0.3) is 0 Å². The molecule has 3 N–H and O–H groups in total. The van der Waals surface area contributed by atoms with Crippen molar-refractivity contribution in [1.82, 2.24) is 4.72 Å². The number of methoxy groups -OCH3 is 2. The summed E-state index contributed by atoms with van der Waals surface area (Å²) in [5.41, 5.74) is 1.23. The molecule has 2 aromatic carbocycles. The minimum absolute atomic E-state index is 0.0859.